The van der Waals surface area contributed by atoms with E-state index in [1.54, 1.807) is 4.90 Å². The van der Waals surface area contributed by atoms with Crippen molar-refractivity contribution >= 4 is 17.5 Å². The molecule has 5 heteroatoms. The minimum atomic E-state index is -0.624. The molecule has 1 unspecified atom stereocenters. The van der Waals surface area contributed by atoms with E-state index in [2.05, 4.69) is 5.32 Å². The van der Waals surface area contributed by atoms with Gasteiger partial charge in [0.15, 0.2) is 0 Å². The summed E-state index contributed by atoms with van der Waals surface area (Å²) in [5.41, 5.74) is 1.17. The third kappa shape index (κ3) is 1.37. The lowest BCUT2D eigenvalue weighted by atomic mass is 9.81. The maximum absolute atomic E-state index is 12.2. The standard InChI is InChI=1S/C13H14N2O3/c16-7-11(17)15-6-5-13(8-15)9-3-1-2-4-10(9)14-12(13)18/h1-4,16H,5-8H2,(H,14,18). The van der Waals surface area contributed by atoms with Gasteiger partial charge in [0.2, 0.25) is 11.8 Å². The van der Waals surface area contributed by atoms with Crippen LogP contribution in [0.1, 0.15) is 12.0 Å². The summed E-state index contributed by atoms with van der Waals surface area (Å²) in [4.78, 5) is 25.3. The van der Waals surface area contributed by atoms with E-state index in [1.165, 1.54) is 0 Å². The van der Waals surface area contributed by atoms with Crippen molar-refractivity contribution in [3.05, 3.63) is 29.8 Å². The molecule has 94 valence electrons. The summed E-state index contributed by atoms with van der Waals surface area (Å²) >= 11 is 0. The Labute approximate surface area is 104 Å². The highest BCUT2D eigenvalue weighted by Gasteiger charge is 2.51. The average Bonchev–Trinajstić information content (AvgIpc) is 2.94. The monoisotopic (exact) mass is 246 g/mol. The van der Waals surface area contributed by atoms with Crippen LogP contribution in [0, 0.1) is 0 Å². The van der Waals surface area contributed by atoms with Crippen LogP contribution in [-0.2, 0) is 15.0 Å². The van der Waals surface area contributed by atoms with Gasteiger partial charge in [-0.3, -0.25) is 9.59 Å². The SMILES string of the molecule is O=C(CO)N1CCC2(C1)C(=O)Nc1ccccc12. The number of amides is 2. The van der Waals surface area contributed by atoms with Gasteiger partial charge in [0.1, 0.15) is 6.61 Å². The fourth-order valence-corrected chi connectivity index (χ4v) is 2.90. The number of aliphatic hydroxyl groups excluding tert-OH is 1. The van der Waals surface area contributed by atoms with Crippen LogP contribution in [0.3, 0.4) is 0 Å². The minimum absolute atomic E-state index is 0.0445. The summed E-state index contributed by atoms with van der Waals surface area (Å²) in [5.74, 6) is -0.360. The Hall–Kier alpha value is -1.88. The molecule has 0 radical (unpaired) electrons. The van der Waals surface area contributed by atoms with Crippen molar-refractivity contribution in [3.8, 4) is 0 Å². The molecule has 5 nitrogen and oxygen atoms in total. The minimum Gasteiger partial charge on any atom is -0.387 e. The van der Waals surface area contributed by atoms with Crippen LogP contribution in [0.2, 0.25) is 0 Å². The summed E-state index contributed by atoms with van der Waals surface area (Å²) < 4.78 is 0. The molecular weight excluding hydrogens is 232 g/mol. The van der Waals surface area contributed by atoms with Gasteiger partial charge in [-0.1, -0.05) is 18.2 Å². The molecule has 18 heavy (non-hydrogen) atoms. The number of carbonyl (C=O) groups is 2. The molecule has 0 aromatic heterocycles. The quantitative estimate of drug-likeness (QED) is 0.738. The Morgan fingerprint density at radius 1 is 1.44 bits per heavy atom. The summed E-state index contributed by atoms with van der Waals surface area (Å²) in [6.07, 6.45) is 0.613. The Kier molecular flexibility index (Phi) is 2.38. The zero-order chi connectivity index (χ0) is 12.8. The van der Waals surface area contributed by atoms with Gasteiger partial charge >= 0.3 is 0 Å². The van der Waals surface area contributed by atoms with Gasteiger partial charge in [-0.2, -0.15) is 0 Å². The fraction of sp³-hybridized carbons (Fsp3) is 0.385. The number of nitrogens with zero attached hydrogens (tertiary/aromatic N) is 1. The summed E-state index contributed by atoms with van der Waals surface area (Å²) in [5, 5.41) is 11.8. The molecule has 1 atom stereocenters. The van der Waals surface area contributed by atoms with Gasteiger partial charge in [0, 0.05) is 18.8 Å². The van der Waals surface area contributed by atoms with E-state index in [0.29, 0.717) is 19.5 Å². The topological polar surface area (TPSA) is 69.6 Å². The summed E-state index contributed by atoms with van der Waals surface area (Å²) in [6, 6.07) is 7.58. The van der Waals surface area contributed by atoms with E-state index in [1.807, 2.05) is 24.3 Å². The molecule has 2 amide bonds. The van der Waals surface area contributed by atoms with E-state index < -0.39 is 12.0 Å². The third-order valence-corrected chi connectivity index (χ3v) is 3.88. The lowest BCUT2D eigenvalue weighted by Crippen LogP contribution is -2.40. The van der Waals surface area contributed by atoms with Crippen molar-refractivity contribution in [2.75, 3.05) is 25.0 Å². The number of likely N-dealkylation sites (tertiary alicyclic amines) is 1. The second-order valence-electron chi connectivity index (χ2n) is 4.81. The fourth-order valence-electron chi connectivity index (χ4n) is 2.90. The van der Waals surface area contributed by atoms with Gasteiger partial charge in [0.05, 0.1) is 5.41 Å². The zero-order valence-electron chi connectivity index (χ0n) is 9.85. The number of para-hydroxylation sites is 1. The van der Waals surface area contributed by atoms with Gasteiger partial charge < -0.3 is 15.3 Å². The zero-order valence-corrected chi connectivity index (χ0v) is 9.85. The second-order valence-corrected chi connectivity index (χ2v) is 4.81. The normalized spacial score (nSPS) is 25.4. The van der Waals surface area contributed by atoms with Crippen molar-refractivity contribution in [2.45, 2.75) is 11.8 Å². The first kappa shape index (κ1) is 11.2. The first-order valence-corrected chi connectivity index (χ1v) is 5.97. The molecule has 1 aromatic rings. The molecule has 3 rings (SSSR count). The molecule has 1 saturated heterocycles. The highest BCUT2D eigenvalue weighted by molar-refractivity contribution is 6.07. The van der Waals surface area contributed by atoms with Crippen molar-refractivity contribution in [1.82, 2.24) is 4.90 Å². The van der Waals surface area contributed by atoms with Crippen LogP contribution in [0.15, 0.2) is 24.3 Å². The van der Waals surface area contributed by atoms with E-state index in [0.717, 1.165) is 11.3 Å². The van der Waals surface area contributed by atoms with Crippen molar-refractivity contribution < 1.29 is 14.7 Å². The molecule has 1 fully saturated rings. The Bertz CT molecular complexity index is 529. The smallest absolute Gasteiger partial charge is 0.248 e. The number of rotatable bonds is 1. The molecule has 0 saturated carbocycles. The number of fused-ring (bicyclic) bond motifs is 2. The van der Waals surface area contributed by atoms with Gasteiger partial charge in [-0.15, -0.1) is 0 Å². The van der Waals surface area contributed by atoms with Crippen LogP contribution >= 0.6 is 0 Å². The third-order valence-electron chi connectivity index (χ3n) is 3.88. The molecule has 1 aromatic carbocycles. The average molecular weight is 246 g/mol. The predicted octanol–water partition coefficient (Wildman–Crippen LogP) is 0.101. The lowest BCUT2D eigenvalue weighted by Gasteiger charge is -2.22. The first-order valence-electron chi connectivity index (χ1n) is 5.97. The summed E-state index contributed by atoms with van der Waals surface area (Å²) in [6.45, 7) is 0.371. The van der Waals surface area contributed by atoms with E-state index in [4.69, 9.17) is 5.11 Å². The number of carbonyl (C=O) groups excluding carboxylic acids is 2. The number of anilines is 1. The van der Waals surface area contributed by atoms with Crippen LogP contribution < -0.4 is 5.32 Å². The predicted molar refractivity (Wildman–Crippen MR) is 65.0 cm³/mol. The van der Waals surface area contributed by atoms with E-state index in [9.17, 15) is 9.59 Å². The van der Waals surface area contributed by atoms with Crippen LogP contribution in [0.5, 0.6) is 0 Å². The van der Waals surface area contributed by atoms with Crippen LogP contribution in [0.25, 0.3) is 0 Å². The maximum atomic E-state index is 12.2. The first-order chi connectivity index (χ1) is 8.67. The molecule has 0 aliphatic carbocycles. The van der Waals surface area contributed by atoms with Crippen molar-refractivity contribution in [3.63, 3.8) is 0 Å². The maximum Gasteiger partial charge on any atom is 0.248 e. The number of hydrogen-bond donors (Lipinski definition) is 2. The van der Waals surface area contributed by atoms with Crippen molar-refractivity contribution in [1.29, 1.82) is 0 Å². The molecule has 1 spiro atoms. The Morgan fingerprint density at radius 2 is 2.22 bits per heavy atom. The number of nitrogens with one attached hydrogen (secondary N) is 1. The molecule has 2 aliphatic rings. The summed E-state index contributed by atoms with van der Waals surface area (Å²) in [7, 11) is 0. The van der Waals surface area contributed by atoms with E-state index in [-0.39, 0.29) is 11.8 Å². The van der Waals surface area contributed by atoms with Gasteiger partial charge in [-0.05, 0) is 18.1 Å². The largest absolute Gasteiger partial charge is 0.387 e. The second kappa shape index (κ2) is 3.81. The lowest BCUT2D eigenvalue weighted by molar-refractivity contribution is -0.133. The van der Waals surface area contributed by atoms with Crippen LogP contribution in [-0.4, -0.2) is 41.5 Å². The molecule has 2 heterocycles. The number of aliphatic hydroxyl groups is 1. The van der Waals surface area contributed by atoms with E-state index >= 15 is 0 Å². The molecule has 2 aliphatic heterocycles. The van der Waals surface area contributed by atoms with Gasteiger partial charge in [0.25, 0.3) is 0 Å². The molecule has 2 N–H and O–H groups in total. The van der Waals surface area contributed by atoms with Gasteiger partial charge in [-0.25, -0.2) is 0 Å². The number of hydrogen-bond acceptors (Lipinski definition) is 3. The highest BCUT2D eigenvalue weighted by atomic mass is 16.3. The van der Waals surface area contributed by atoms with Crippen molar-refractivity contribution in [2.24, 2.45) is 0 Å². The Balaban J connectivity index is 1.97. The molecular formula is C13H14N2O3. The molecule has 0 bridgehead atoms. The number of benzene rings is 1. The van der Waals surface area contributed by atoms with Crippen LogP contribution in [0.4, 0.5) is 5.69 Å². The highest BCUT2D eigenvalue weighted by Crippen LogP contribution is 2.43. The Morgan fingerprint density at radius 3 is 3.00 bits per heavy atom.